The van der Waals surface area contributed by atoms with Crippen molar-refractivity contribution in [3.8, 4) is 0 Å². The van der Waals surface area contributed by atoms with Crippen molar-refractivity contribution in [3.05, 3.63) is 59.7 Å². The SMILES string of the molecule is CC(C)CC(=O)N1CCN(c2ccc(NC(=O)C3CCCC3)cc2C(=O)N(C)Cc2ccccc2)CC1. The summed E-state index contributed by atoms with van der Waals surface area (Å²) in [6.45, 7) is 7.23. The van der Waals surface area contributed by atoms with Crippen molar-refractivity contribution in [2.45, 2.75) is 52.5 Å². The van der Waals surface area contributed by atoms with Gasteiger partial charge in [0.25, 0.3) is 5.91 Å². The van der Waals surface area contributed by atoms with Gasteiger partial charge < -0.3 is 20.0 Å². The third-order valence-electron chi connectivity index (χ3n) is 7.39. The Kier molecular flexibility index (Phi) is 8.85. The van der Waals surface area contributed by atoms with E-state index in [0.29, 0.717) is 56.3 Å². The summed E-state index contributed by atoms with van der Waals surface area (Å²) in [6, 6.07) is 15.6. The highest BCUT2D eigenvalue weighted by Crippen LogP contribution is 2.30. The topological polar surface area (TPSA) is 73.0 Å². The average Bonchev–Trinajstić information content (AvgIpc) is 3.44. The number of nitrogens with one attached hydrogen (secondary N) is 1. The van der Waals surface area contributed by atoms with Crippen LogP contribution in [0.15, 0.2) is 48.5 Å². The second-order valence-corrected chi connectivity index (χ2v) is 10.8. The molecule has 1 aliphatic heterocycles. The normalized spacial score (nSPS) is 16.2. The van der Waals surface area contributed by atoms with Crippen LogP contribution in [0.4, 0.5) is 11.4 Å². The van der Waals surface area contributed by atoms with Crippen molar-refractivity contribution in [2.75, 3.05) is 43.4 Å². The Labute approximate surface area is 220 Å². The first kappa shape index (κ1) is 26.7. The summed E-state index contributed by atoms with van der Waals surface area (Å²) >= 11 is 0. The number of benzene rings is 2. The Morgan fingerprint density at radius 1 is 0.973 bits per heavy atom. The van der Waals surface area contributed by atoms with Crippen LogP contribution in [-0.4, -0.2) is 60.7 Å². The number of carbonyl (C=O) groups is 3. The Hall–Kier alpha value is -3.35. The Morgan fingerprint density at radius 3 is 2.30 bits per heavy atom. The molecule has 7 heteroatoms. The standard InChI is InChI=1S/C30H40N4O3/c1-22(2)19-28(35)34-17-15-33(16-18-34)27-14-13-25(31-29(36)24-11-7-8-12-24)20-26(27)30(37)32(3)21-23-9-5-4-6-10-23/h4-6,9-10,13-14,20,22,24H,7-8,11-12,15-19,21H2,1-3H3,(H,31,36). The maximum absolute atomic E-state index is 13.7. The second kappa shape index (κ2) is 12.3. The van der Waals surface area contributed by atoms with Crippen LogP contribution in [0, 0.1) is 11.8 Å². The fraction of sp³-hybridized carbons (Fsp3) is 0.500. The summed E-state index contributed by atoms with van der Waals surface area (Å²) in [5, 5.41) is 3.06. The lowest BCUT2D eigenvalue weighted by molar-refractivity contribution is -0.132. The molecular formula is C30H40N4O3. The molecule has 2 aromatic rings. The van der Waals surface area contributed by atoms with E-state index in [9.17, 15) is 14.4 Å². The van der Waals surface area contributed by atoms with E-state index in [-0.39, 0.29) is 23.6 Å². The molecular weight excluding hydrogens is 464 g/mol. The Morgan fingerprint density at radius 2 is 1.65 bits per heavy atom. The zero-order valence-corrected chi connectivity index (χ0v) is 22.4. The molecule has 0 atom stereocenters. The Bertz CT molecular complexity index is 1090. The van der Waals surface area contributed by atoms with Crippen LogP contribution in [0.1, 0.15) is 61.9 Å². The molecule has 0 bridgehead atoms. The van der Waals surface area contributed by atoms with Crippen LogP contribution < -0.4 is 10.2 Å². The first-order chi connectivity index (χ1) is 17.8. The van der Waals surface area contributed by atoms with E-state index in [4.69, 9.17) is 0 Å². The van der Waals surface area contributed by atoms with E-state index >= 15 is 0 Å². The molecule has 0 spiro atoms. The van der Waals surface area contributed by atoms with Crippen LogP contribution in [0.2, 0.25) is 0 Å². The maximum Gasteiger partial charge on any atom is 0.256 e. The molecule has 1 aliphatic carbocycles. The van der Waals surface area contributed by atoms with Crippen molar-refractivity contribution in [3.63, 3.8) is 0 Å². The van der Waals surface area contributed by atoms with E-state index in [1.165, 1.54) is 0 Å². The number of amides is 3. The third kappa shape index (κ3) is 6.90. The molecule has 2 aromatic carbocycles. The predicted octanol–water partition coefficient (Wildman–Crippen LogP) is 4.78. The molecule has 7 nitrogen and oxygen atoms in total. The number of hydrogen-bond donors (Lipinski definition) is 1. The number of hydrogen-bond acceptors (Lipinski definition) is 4. The molecule has 2 fully saturated rings. The van der Waals surface area contributed by atoms with Crippen LogP contribution in [0.25, 0.3) is 0 Å². The largest absolute Gasteiger partial charge is 0.367 e. The second-order valence-electron chi connectivity index (χ2n) is 10.8. The summed E-state index contributed by atoms with van der Waals surface area (Å²) in [6.07, 6.45) is 4.60. The highest BCUT2D eigenvalue weighted by Gasteiger charge is 2.27. The first-order valence-electron chi connectivity index (χ1n) is 13.6. The lowest BCUT2D eigenvalue weighted by Gasteiger charge is -2.37. The molecule has 1 N–H and O–H groups in total. The quantitative estimate of drug-likeness (QED) is 0.562. The highest BCUT2D eigenvalue weighted by atomic mass is 16.2. The minimum Gasteiger partial charge on any atom is -0.367 e. The summed E-state index contributed by atoms with van der Waals surface area (Å²) in [7, 11) is 1.81. The lowest BCUT2D eigenvalue weighted by Crippen LogP contribution is -2.49. The highest BCUT2D eigenvalue weighted by molar-refractivity contribution is 6.02. The molecule has 1 saturated carbocycles. The van der Waals surface area contributed by atoms with Crippen molar-refractivity contribution >= 4 is 29.1 Å². The van der Waals surface area contributed by atoms with Crippen LogP contribution >= 0.6 is 0 Å². The fourth-order valence-electron chi connectivity index (χ4n) is 5.30. The summed E-state index contributed by atoms with van der Waals surface area (Å²) in [4.78, 5) is 44.9. The molecule has 198 valence electrons. The van der Waals surface area contributed by atoms with Gasteiger partial charge in [-0.15, -0.1) is 0 Å². The number of anilines is 2. The van der Waals surface area contributed by atoms with Crippen molar-refractivity contribution < 1.29 is 14.4 Å². The molecule has 0 unspecified atom stereocenters. The van der Waals surface area contributed by atoms with Gasteiger partial charge in [-0.25, -0.2) is 0 Å². The number of rotatable bonds is 8. The molecule has 0 radical (unpaired) electrons. The predicted molar refractivity (Wildman–Crippen MR) is 148 cm³/mol. The molecule has 1 saturated heterocycles. The van der Waals surface area contributed by atoms with Gasteiger partial charge in [0, 0.05) is 63.5 Å². The fourth-order valence-corrected chi connectivity index (χ4v) is 5.30. The van der Waals surface area contributed by atoms with Gasteiger partial charge in [-0.3, -0.25) is 14.4 Å². The van der Waals surface area contributed by atoms with E-state index in [2.05, 4.69) is 24.1 Å². The number of carbonyl (C=O) groups excluding carboxylic acids is 3. The van der Waals surface area contributed by atoms with Crippen LogP contribution in [0.5, 0.6) is 0 Å². The number of piperazine rings is 1. The van der Waals surface area contributed by atoms with Gasteiger partial charge in [0.1, 0.15) is 0 Å². The summed E-state index contributed by atoms with van der Waals surface area (Å²) in [5.41, 5.74) is 3.13. The van der Waals surface area contributed by atoms with Gasteiger partial charge in [-0.05, 0) is 42.5 Å². The van der Waals surface area contributed by atoms with E-state index in [1.807, 2.05) is 60.5 Å². The van der Waals surface area contributed by atoms with E-state index < -0.39 is 0 Å². The van der Waals surface area contributed by atoms with Crippen molar-refractivity contribution in [2.24, 2.45) is 11.8 Å². The molecule has 37 heavy (non-hydrogen) atoms. The third-order valence-corrected chi connectivity index (χ3v) is 7.39. The minimum absolute atomic E-state index is 0.0403. The van der Waals surface area contributed by atoms with Gasteiger partial charge in [-0.1, -0.05) is 57.0 Å². The molecule has 0 aromatic heterocycles. The van der Waals surface area contributed by atoms with Gasteiger partial charge in [0.2, 0.25) is 11.8 Å². The van der Waals surface area contributed by atoms with E-state index in [0.717, 1.165) is 36.9 Å². The van der Waals surface area contributed by atoms with Gasteiger partial charge in [0.15, 0.2) is 0 Å². The molecule has 4 rings (SSSR count). The molecule has 3 amide bonds. The maximum atomic E-state index is 13.7. The summed E-state index contributed by atoms with van der Waals surface area (Å²) < 4.78 is 0. The van der Waals surface area contributed by atoms with Gasteiger partial charge in [0.05, 0.1) is 5.56 Å². The lowest BCUT2D eigenvalue weighted by atomic mass is 10.1. The van der Waals surface area contributed by atoms with Crippen LogP contribution in [-0.2, 0) is 16.1 Å². The minimum atomic E-state index is -0.0888. The average molecular weight is 505 g/mol. The monoisotopic (exact) mass is 504 g/mol. The number of nitrogens with zero attached hydrogens (tertiary/aromatic N) is 3. The first-order valence-corrected chi connectivity index (χ1v) is 13.6. The van der Waals surface area contributed by atoms with Gasteiger partial charge >= 0.3 is 0 Å². The zero-order valence-electron chi connectivity index (χ0n) is 22.4. The Balaban J connectivity index is 1.54. The molecule has 2 aliphatic rings. The smallest absolute Gasteiger partial charge is 0.256 e. The zero-order chi connectivity index (χ0) is 26.4. The molecule has 1 heterocycles. The van der Waals surface area contributed by atoms with E-state index in [1.54, 1.807) is 4.90 Å². The summed E-state index contributed by atoms with van der Waals surface area (Å²) in [5.74, 6) is 0.532. The van der Waals surface area contributed by atoms with Crippen molar-refractivity contribution in [1.29, 1.82) is 0 Å². The van der Waals surface area contributed by atoms with Crippen molar-refractivity contribution in [1.82, 2.24) is 9.80 Å². The van der Waals surface area contributed by atoms with Crippen LogP contribution in [0.3, 0.4) is 0 Å². The van der Waals surface area contributed by atoms with Gasteiger partial charge in [-0.2, -0.15) is 0 Å².